The summed E-state index contributed by atoms with van der Waals surface area (Å²) in [6, 6.07) is 3.69. The second kappa shape index (κ2) is 6.25. The zero-order valence-electron chi connectivity index (χ0n) is 12.8. The third kappa shape index (κ3) is 2.90. The first-order valence-corrected chi connectivity index (χ1v) is 6.56. The summed E-state index contributed by atoms with van der Waals surface area (Å²) in [6.45, 7) is 0. The van der Waals surface area contributed by atoms with Gasteiger partial charge in [0.2, 0.25) is 11.6 Å². The number of anilines is 3. The van der Waals surface area contributed by atoms with Gasteiger partial charge in [-0.15, -0.1) is 0 Å². The van der Waals surface area contributed by atoms with Gasteiger partial charge in [0.05, 0.1) is 21.3 Å². The van der Waals surface area contributed by atoms with Gasteiger partial charge in [-0.05, 0) is 17.7 Å². The first-order chi connectivity index (χ1) is 10.5. The van der Waals surface area contributed by atoms with Crippen molar-refractivity contribution in [2.24, 2.45) is 0 Å². The van der Waals surface area contributed by atoms with Gasteiger partial charge < -0.3 is 19.9 Å². The number of benzene rings is 1. The van der Waals surface area contributed by atoms with E-state index >= 15 is 0 Å². The van der Waals surface area contributed by atoms with Crippen LogP contribution in [-0.2, 0) is 6.42 Å². The molecule has 0 saturated carbocycles. The summed E-state index contributed by atoms with van der Waals surface area (Å²) in [7, 11) is 4.68. The minimum absolute atomic E-state index is 0.295. The molecule has 2 rings (SSSR count). The maximum atomic E-state index is 5.94. The molecule has 1 aromatic heterocycles. The van der Waals surface area contributed by atoms with E-state index in [2.05, 4.69) is 9.97 Å². The van der Waals surface area contributed by atoms with Gasteiger partial charge in [0.25, 0.3) is 5.82 Å². The minimum atomic E-state index is 0.295. The van der Waals surface area contributed by atoms with Crippen molar-refractivity contribution in [3.8, 4) is 17.2 Å². The molecule has 0 spiro atoms. The standard InChI is InChI=1S/C14H19N5O3/c1-20-9-5-7(6-10(21-2)11(9)22-3)4-8-12(15)18-14(17)19-13(8)16/h5-6H,4H2,1-3H3,(H6,15,16,17,18,19)/p+2. The van der Waals surface area contributed by atoms with Crippen molar-refractivity contribution in [3.05, 3.63) is 23.3 Å². The number of H-pyrrole nitrogens is 2. The fourth-order valence-corrected chi connectivity index (χ4v) is 2.25. The Balaban J connectivity index is 2.46. The number of hydrogen-bond donors (Lipinski definition) is 3. The Kier molecular flexibility index (Phi) is 4.40. The molecule has 0 fully saturated rings. The molecule has 8 heteroatoms. The quantitative estimate of drug-likeness (QED) is 0.693. The molecular formula is C14H21N5O3+2. The summed E-state index contributed by atoms with van der Waals surface area (Å²) in [5.74, 6) is 2.77. The number of methoxy groups -OCH3 is 3. The number of aromatic amines is 2. The first-order valence-electron chi connectivity index (χ1n) is 6.56. The van der Waals surface area contributed by atoms with Crippen LogP contribution in [0.25, 0.3) is 0 Å². The highest BCUT2D eigenvalue weighted by molar-refractivity contribution is 5.56. The summed E-state index contributed by atoms with van der Waals surface area (Å²) < 4.78 is 16.0. The zero-order chi connectivity index (χ0) is 16.3. The Hall–Kier alpha value is -2.90. The fraction of sp³-hybridized carbons (Fsp3) is 0.286. The molecule has 0 radical (unpaired) electrons. The molecule has 8 N–H and O–H groups in total. The lowest BCUT2D eigenvalue weighted by Gasteiger charge is -2.14. The van der Waals surface area contributed by atoms with E-state index in [1.54, 1.807) is 21.3 Å². The van der Waals surface area contributed by atoms with E-state index in [4.69, 9.17) is 31.4 Å². The summed E-state index contributed by atoms with van der Waals surface area (Å²) in [5, 5.41) is 0. The van der Waals surface area contributed by atoms with Crippen LogP contribution in [-0.4, -0.2) is 21.3 Å². The Bertz CT molecular complexity index is 642. The van der Waals surface area contributed by atoms with E-state index in [1.165, 1.54) is 0 Å². The SMILES string of the molecule is COc1cc(Cc2c(N)[nH+]c(N)[nH+]c2N)cc(OC)c1OC. The molecule has 0 unspecified atom stereocenters. The average molecular weight is 307 g/mol. The molecule has 1 aromatic carbocycles. The fourth-order valence-electron chi connectivity index (χ4n) is 2.25. The van der Waals surface area contributed by atoms with Gasteiger partial charge in [0.15, 0.2) is 11.5 Å². The van der Waals surface area contributed by atoms with Crippen LogP contribution in [0.4, 0.5) is 17.6 Å². The molecule has 0 aliphatic rings. The van der Waals surface area contributed by atoms with Crippen molar-refractivity contribution in [3.63, 3.8) is 0 Å². The lowest BCUT2D eigenvalue weighted by atomic mass is 10.0. The maximum absolute atomic E-state index is 5.94. The first kappa shape index (κ1) is 15.5. The van der Waals surface area contributed by atoms with Crippen LogP contribution in [0, 0.1) is 0 Å². The van der Waals surface area contributed by atoms with Gasteiger partial charge >= 0.3 is 5.95 Å². The van der Waals surface area contributed by atoms with Crippen LogP contribution in [0.2, 0.25) is 0 Å². The molecule has 8 nitrogen and oxygen atoms in total. The van der Waals surface area contributed by atoms with E-state index in [9.17, 15) is 0 Å². The highest BCUT2D eigenvalue weighted by Gasteiger charge is 2.19. The van der Waals surface area contributed by atoms with Crippen LogP contribution in [0.5, 0.6) is 17.2 Å². The van der Waals surface area contributed by atoms with Gasteiger partial charge in [-0.1, -0.05) is 0 Å². The number of nitrogens with one attached hydrogen (secondary N) is 2. The van der Waals surface area contributed by atoms with Crippen LogP contribution in [0.3, 0.4) is 0 Å². The van der Waals surface area contributed by atoms with E-state index in [-0.39, 0.29) is 0 Å². The third-order valence-corrected chi connectivity index (χ3v) is 3.29. The number of hydrogen-bond acceptors (Lipinski definition) is 6. The Labute approximate surface area is 128 Å². The van der Waals surface area contributed by atoms with Crippen molar-refractivity contribution in [1.29, 1.82) is 0 Å². The summed E-state index contributed by atoms with van der Waals surface area (Å²) in [6.07, 6.45) is 0.474. The van der Waals surface area contributed by atoms with Gasteiger partial charge in [-0.2, -0.15) is 9.97 Å². The predicted octanol–water partition coefficient (Wildman–Crippen LogP) is -0.322. The average Bonchev–Trinajstić information content (AvgIpc) is 2.49. The zero-order valence-corrected chi connectivity index (χ0v) is 12.8. The number of ether oxygens (including phenoxy) is 3. The molecule has 1 heterocycles. The van der Waals surface area contributed by atoms with Gasteiger partial charge in [0, 0.05) is 6.42 Å². The lowest BCUT2D eigenvalue weighted by molar-refractivity contribution is -0.484. The third-order valence-electron chi connectivity index (χ3n) is 3.29. The van der Waals surface area contributed by atoms with Gasteiger partial charge in [0.1, 0.15) is 5.56 Å². The molecule has 0 amide bonds. The largest absolute Gasteiger partial charge is 0.493 e. The smallest absolute Gasteiger partial charge is 0.440 e. The molecule has 0 aliphatic carbocycles. The van der Waals surface area contributed by atoms with Crippen molar-refractivity contribution in [1.82, 2.24) is 0 Å². The normalized spacial score (nSPS) is 10.3. The lowest BCUT2D eigenvalue weighted by Crippen LogP contribution is -2.31. The number of aromatic nitrogens is 2. The summed E-state index contributed by atoms with van der Waals surface area (Å²) in [4.78, 5) is 5.62. The van der Waals surface area contributed by atoms with E-state index < -0.39 is 0 Å². The number of rotatable bonds is 5. The summed E-state index contributed by atoms with van der Waals surface area (Å²) >= 11 is 0. The molecule has 0 saturated heterocycles. The molecule has 118 valence electrons. The highest BCUT2D eigenvalue weighted by Crippen LogP contribution is 2.38. The Morgan fingerprint density at radius 3 is 1.77 bits per heavy atom. The second-order valence-corrected chi connectivity index (χ2v) is 4.68. The number of nitrogen functional groups attached to an aromatic ring is 3. The van der Waals surface area contributed by atoms with Crippen LogP contribution in [0.1, 0.15) is 11.1 Å². The molecule has 22 heavy (non-hydrogen) atoms. The summed E-state index contributed by atoms with van der Waals surface area (Å²) in [5.41, 5.74) is 19.1. The van der Waals surface area contributed by atoms with E-state index in [1.807, 2.05) is 12.1 Å². The van der Waals surface area contributed by atoms with Crippen LogP contribution >= 0.6 is 0 Å². The van der Waals surface area contributed by atoms with Crippen molar-refractivity contribution >= 4 is 17.6 Å². The van der Waals surface area contributed by atoms with Crippen molar-refractivity contribution < 1.29 is 24.2 Å². The predicted molar refractivity (Wildman–Crippen MR) is 81.7 cm³/mol. The van der Waals surface area contributed by atoms with Gasteiger partial charge in [-0.3, -0.25) is 11.5 Å². The molecule has 0 atom stereocenters. The number of nitrogens with two attached hydrogens (primary N) is 3. The van der Waals surface area contributed by atoms with Gasteiger partial charge in [-0.25, -0.2) is 0 Å². The maximum Gasteiger partial charge on any atom is 0.440 e. The Morgan fingerprint density at radius 2 is 1.36 bits per heavy atom. The molecule has 2 aromatic rings. The molecular weight excluding hydrogens is 286 g/mol. The van der Waals surface area contributed by atoms with Crippen LogP contribution < -0.4 is 41.4 Å². The molecule has 0 bridgehead atoms. The second-order valence-electron chi connectivity index (χ2n) is 4.68. The Morgan fingerprint density at radius 1 is 0.864 bits per heavy atom. The van der Waals surface area contributed by atoms with Crippen molar-refractivity contribution in [2.75, 3.05) is 38.5 Å². The van der Waals surface area contributed by atoms with E-state index in [0.29, 0.717) is 46.8 Å². The topological polar surface area (TPSA) is 134 Å². The molecule has 0 aliphatic heterocycles. The minimum Gasteiger partial charge on any atom is -0.493 e. The highest BCUT2D eigenvalue weighted by atomic mass is 16.5. The van der Waals surface area contributed by atoms with Crippen molar-refractivity contribution in [2.45, 2.75) is 6.42 Å². The monoisotopic (exact) mass is 307 g/mol. The van der Waals surface area contributed by atoms with Crippen LogP contribution in [0.15, 0.2) is 12.1 Å². The van der Waals surface area contributed by atoms with E-state index in [0.717, 1.165) is 5.56 Å².